The summed E-state index contributed by atoms with van der Waals surface area (Å²) < 4.78 is 5.19. The van der Waals surface area contributed by atoms with E-state index in [2.05, 4.69) is 0 Å². The summed E-state index contributed by atoms with van der Waals surface area (Å²) >= 11 is 11.4. The van der Waals surface area contributed by atoms with E-state index in [4.69, 9.17) is 27.9 Å². The first-order valence-electron chi connectivity index (χ1n) is 4.34. The lowest BCUT2D eigenvalue weighted by Gasteiger charge is -2.04. The summed E-state index contributed by atoms with van der Waals surface area (Å²) in [5.74, 6) is 1.41. The Morgan fingerprint density at radius 1 is 1.43 bits per heavy atom. The fourth-order valence-corrected chi connectivity index (χ4v) is 1.38. The summed E-state index contributed by atoms with van der Waals surface area (Å²) in [4.78, 5) is 0. The molecule has 0 saturated heterocycles. The molecule has 0 atom stereocenters. The summed E-state index contributed by atoms with van der Waals surface area (Å²) in [7, 11) is 1.63. The van der Waals surface area contributed by atoms with E-state index in [-0.39, 0.29) is 0 Å². The average molecular weight is 231 g/mol. The topological polar surface area (TPSA) is 9.23 Å². The lowest BCUT2D eigenvalue weighted by molar-refractivity contribution is 0.414. The summed E-state index contributed by atoms with van der Waals surface area (Å²) in [5, 5.41) is 0.677. The van der Waals surface area contributed by atoms with Crippen molar-refractivity contribution in [1.29, 1.82) is 0 Å². The smallest absolute Gasteiger partial charge is 0.127 e. The first-order chi connectivity index (χ1) is 6.77. The Morgan fingerprint density at radius 2 is 2.21 bits per heavy atom. The Hall–Kier alpha value is -0.660. The first kappa shape index (κ1) is 11.4. The predicted molar refractivity (Wildman–Crippen MR) is 62.4 cm³/mol. The minimum Gasteiger partial charge on any atom is -0.496 e. The van der Waals surface area contributed by atoms with E-state index < -0.39 is 0 Å². The number of alkyl halides is 1. The van der Waals surface area contributed by atoms with Crippen molar-refractivity contribution in [2.24, 2.45) is 0 Å². The Bertz CT molecular complexity index is 321. The quantitative estimate of drug-likeness (QED) is 0.712. The third-order valence-electron chi connectivity index (χ3n) is 1.77. The van der Waals surface area contributed by atoms with Crippen molar-refractivity contribution in [2.75, 3.05) is 13.0 Å². The van der Waals surface area contributed by atoms with E-state index in [9.17, 15) is 0 Å². The SMILES string of the molecule is COc1cc(Cl)ccc1C=CCCCl. The molecule has 0 spiro atoms. The van der Waals surface area contributed by atoms with Crippen LogP contribution in [0.5, 0.6) is 5.75 Å². The molecule has 1 aromatic carbocycles. The highest BCUT2D eigenvalue weighted by Gasteiger charge is 1.99. The molecule has 0 aliphatic heterocycles. The van der Waals surface area contributed by atoms with Gasteiger partial charge in [-0.15, -0.1) is 11.6 Å². The van der Waals surface area contributed by atoms with Crippen LogP contribution in [0, 0.1) is 0 Å². The van der Waals surface area contributed by atoms with Gasteiger partial charge >= 0.3 is 0 Å². The molecule has 76 valence electrons. The van der Waals surface area contributed by atoms with Crippen LogP contribution in [-0.2, 0) is 0 Å². The van der Waals surface area contributed by atoms with Crippen LogP contribution in [0.15, 0.2) is 24.3 Å². The van der Waals surface area contributed by atoms with Gasteiger partial charge in [-0.3, -0.25) is 0 Å². The minimum absolute atomic E-state index is 0.631. The second kappa shape index (κ2) is 5.94. The fraction of sp³-hybridized carbons (Fsp3) is 0.273. The Labute approximate surface area is 94.3 Å². The van der Waals surface area contributed by atoms with Gasteiger partial charge in [0.25, 0.3) is 0 Å². The van der Waals surface area contributed by atoms with Crippen molar-refractivity contribution >= 4 is 29.3 Å². The molecular weight excluding hydrogens is 219 g/mol. The Kier molecular flexibility index (Phi) is 4.85. The maximum Gasteiger partial charge on any atom is 0.127 e. The van der Waals surface area contributed by atoms with Crippen molar-refractivity contribution in [3.63, 3.8) is 0 Å². The van der Waals surface area contributed by atoms with Crippen LogP contribution in [-0.4, -0.2) is 13.0 Å². The molecule has 0 heterocycles. The Morgan fingerprint density at radius 3 is 2.86 bits per heavy atom. The average Bonchev–Trinajstić information content (AvgIpc) is 2.20. The zero-order valence-corrected chi connectivity index (χ0v) is 9.48. The van der Waals surface area contributed by atoms with Crippen LogP contribution in [0.3, 0.4) is 0 Å². The molecule has 3 heteroatoms. The molecule has 0 N–H and O–H groups in total. The standard InChI is InChI=1S/C11H12Cl2O/c1-14-11-8-10(13)6-5-9(11)4-2-3-7-12/h2,4-6,8H,3,7H2,1H3. The van der Waals surface area contributed by atoms with E-state index in [1.165, 1.54) is 0 Å². The number of allylic oxidation sites excluding steroid dienone is 1. The third kappa shape index (κ3) is 3.24. The zero-order valence-electron chi connectivity index (χ0n) is 7.97. The van der Waals surface area contributed by atoms with Crippen molar-refractivity contribution in [2.45, 2.75) is 6.42 Å². The van der Waals surface area contributed by atoms with Gasteiger partial charge in [0.05, 0.1) is 7.11 Å². The number of benzene rings is 1. The van der Waals surface area contributed by atoms with E-state index in [0.29, 0.717) is 10.9 Å². The molecule has 14 heavy (non-hydrogen) atoms. The minimum atomic E-state index is 0.631. The summed E-state index contributed by atoms with van der Waals surface area (Å²) in [6, 6.07) is 5.55. The summed E-state index contributed by atoms with van der Waals surface area (Å²) in [5.41, 5.74) is 1.02. The van der Waals surface area contributed by atoms with Gasteiger partial charge in [-0.2, -0.15) is 0 Å². The number of rotatable bonds is 4. The first-order valence-corrected chi connectivity index (χ1v) is 5.25. The molecule has 1 aromatic rings. The molecule has 0 aliphatic rings. The molecular formula is C11H12Cl2O. The van der Waals surface area contributed by atoms with E-state index in [1.807, 2.05) is 24.3 Å². The molecule has 0 saturated carbocycles. The molecule has 0 radical (unpaired) electrons. The van der Waals surface area contributed by atoms with Crippen molar-refractivity contribution in [3.05, 3.63) is 34.9 Å². The van der Waals surface area contributed by atoms with E-state index >= 15 is 0 Å². The maximum atomic E-state index is 5.83. The highest BCUT2D eigenvalue weighted by atomic mass is 35.5. The van der Waals surface area contributed by atoms with Gasteiger partial charge in [-0.1, -0.05) is 23.8 Å². The number of ether oxygens (including phenoxy) is 1. The van der Waals surface area contributed by atoms with Crippen LogP contribution in [0.25, 0.3) is 6.08 Å². The fourth-order valence-electron chi connectivity index (χ4n) is 1.10. The van der Waals surface area contributed by atoms with Crippen molar-refractivity contribution in [3.8, 4) is 5.75 Å². The Balaban J connectivity index is 2.85. The van der Waals surface area contributed by atoms with Gasteiger partial charge in [0.2, 0.25) is 0 Å². The number of halogens is 2. The van der Waals surface area contributed by atoms with Gasteiger partial charge in [-0.05, 0) is 24.6 Å². The molecule has 0 fully saturated rings. The maximum absolute atomic E-state index is 5.83. The lowest BCUT2D eigenvalue weighted by atomic mass is 10.2. The van der Waals surface area contributed by atoms with Gasteiger partial charge in [0.1, 0.15) is 5.75 Å². The second-order valence-electron chi connectivity index (χ2n) is 2.77. The summed E-state index contributed by atoms with van der Waals surface area (Å²) in [6.45, 7) is 0. The van der Waals surface area contributed by atoms with Crippen LogP contribution >= 0.6 is 23.2 Å². The third-order valence-corrected chi connectivity index (χ3v) is 2.22. The monoisotopic (exact) mass is 230 g/mol. The number of hydrogen-bond donors (Lipinski definition) is 0. The van der Waals surface area contributed by atoms with Gasteiger partial charge in [0.15, 0.2) is 0 Å². The van der Waals surface area contributed by atoms with Gasteiger partial charge < -0.3 is 4.74 Å². The van der Waals surface area contributed by atoms with Crippen LogP contribution in [0.1, 0.15) is 12.0 Å². The molecule has 0 aliphatic carbocycles. The second-order valence-corrected chi connectivity index (χ2v) is 3.58. The van der Waals surface area contributed by atoms with Gasteiger partial charge in [-0.25, -0.2) is 0 Å². The zero-order chi connectivity index (χ0) is 10.4. The van der Waals surface area contributed by atoms with Gasteiger partial charge in [0, 0.05) is 16.5 Å². The lowest BCUT2D eigenvalue weighted by Crippen LogP contribution is -1.86. The summed E-state index contributed by atoms with van der Waals surface area (Å²) in [6.07, 6.45) is 4.85. The largest absolute Gasteiger partial charge is 0.496 e. The van der Waals surface area contributed by atoms with E-state index in [0.717, 1.165) is 17.7 Å². The molecule has 0 amide bonds. The van der Waals surface area contributed by atoms with Crippen LogP contribution < -0.4 is 4.74 Å². The molecule has 0 unspecified atom stereocenters. The van der Waals surface area contributed by atoms with Crippen LogP contribution in [0.2, 0.25) is 5.02 Å². The molecule has 0 bridgehead atoms. The highest BCUT2D eigenvalue weighted by molar-refractivity contribution is 6.30. The molecule has 1 rings (SSSR count). The van der Waals surface area contributed by atoms with Crippen molar-refractivity contribution in [1.82, 2.24) is 0 Å². The van der Waals surface area contributed by atoms with E-state index in [1.54, 1.807) is 13.2 Å². The van der Waals surface area contributed by atoms with Crippen molar-refractivity contribution < 1.29 is 4.74 Å². The molecule has 0 aromatic heterocycles. The normalized spacial score (nSPS) is 10.8. The van der Waals surface area contributed by atoms with Crippen LogP contribution in [0.4, 0.5) is 0 Å². The molecule has 1 nitrogen and oxygen atoms in total. The highest BCUT2D eigenvalue weighted by Crippen LogP contribution is 2.24. The number of methoxy groups -OCH3 is 1. The predicted octanol–water partition coefficient (Wildman–Crippen LogP) is 3.99. The number of hydrogen-bond acceptors (Lipinski definition) is 1.